The Morgan fingerprint density at radius 3 is 2.77 bits per heavy atom. The van der Waals surface area contributed by atoms with E-state index in [9.17, 15) is 4.79 Å². The molecule has 2 heterocycles. The van der Waals surface area contributed by atoms with Crippen LogP contribution in [0.2, 0.25) is 0 Å². The van der Waals surface area contributed by atoms with Crippen molar-refractivity contribution in [3.8, 4) is 0 Å². The molecule has 1 aliphatic heterocycles. The summed E-state index contributed by atoms with van der Waals surface area (Å²) in [5.41, 5.74) is 9.07. The van der Waals surface area contributed by atoms with Crippen molar-refractivity contribution in [2.45, 2.75) is 39.5 Å². The number of fused-ring (bicyclic) bond motifs is 2. The van der Waals surface area contributed by atoms with Crippen LogP contribution in [-0.2, 0) is 17.6 Å². The van der Waals surface area contributed by atoms with Crippen molar-refractivity contribution < 1.29 is 4.79 Å². The number of aryl methyl sites for hydroxylation is 2. The van der Waals surface area contributed by atoms with E-state index in [1.807, 2.05) is 18.2 Å². The smallest absolute Gasteiger partial charge is 0.256 e. The van der Waals surface area contributed by atoms with Crippen molar-refractivity contribution >= 4 is 23.2 Å². The van der Waals surface area contributed by atoms with Crippen molar-refractivity contribution in [1.82, 2.24) is 4.98 Å². The topological polar surface area (TPSA) is 44.9 Å². The monoisotopic (exact) mass is 292 g/mol. The Kier molecular flexibility index (Phi) is 2.96. The number of benzene rings is 1. The van der Waals surface area contributed by atoms with E-state index >= 15 is 0 Å². The fourth-order valence-electron chi connectivity index (χ4n) is 3.61. The maximum atomic E-state index is 12.3. The highest BCUT2D eigenvalue weighted by molar-refractivity contribution is 6.34. The average molecular weight is 292 g/mol. The molecule has 1 aliphatic carbocycles. The van der Waals surface area contributed by atoms with Gasteiger partial charge in [0.25, 0.3) is 5.91 Å². The summed E-state index contributed by atoms with van der Waals surface area (Å²) < 4.78 is 0. The fraction of sp³-hybridized carbons (Fsp3) is 0.316. The van der Waals surface area contributed by atoms with E-state index in [0.29, 0.717) is 0 Å². The number of hydrogen-bond donors (Lipinski definition) is 2. The summed E-state index contributed by atoms with van der Waals surface area (Å²) in [5, 5.41) is 2.96. The van der Waals surface area contributed by atoms with Gasteiger partial charge in [0.2, 0.25) is 0 Å². The maximum Gasteiger partial charge on any atom is 0.256 e. The molecule has 3 heteroatoms. The first-order chi connectivity index (χ1) is 10.6. The molecule has 4 rings (SSSR count). The van der Waals surface area contributed by atoms with Crippen LogP contribution in [0.15, 0.2) is 18.2 Å². The second kappa shape index (κ2) is 4.87. The first-order valence-corrected chi connectivity index (χ1v) is 7.98. The van der Waals surface area contributed by atoms with Crippen LogP contribution in [0, 0.1) is 13.8 Å². The van der Waals surface area contributed by atoms with E-state index < -0.39 is 0 Å². The van der Waals surface area contributed by atoms with E-state index in [2.05, 4.69) is 30.2 Å². The third kappa shape index (κ3) is 2.00. The Hall–Kier alpha value is -2.29. The summed E-state index contributed by atoms with van der Waals surface area (Å²) in [6.45, 7) is 4.22. The normalized spacial score (nSPS) is 18.3. The number of carbonyl (C=O) groups is 1. The minimum atomic E-state index is -0.00688. The Balaban J connectivity index is 1.83. The van der Waals surface area contributed by atoms with Gasteiger partial charge < -0.3 is 10.3 Å². The summed E-state index contributed by atoms with van der Waals surface area (Å²) in [5.74, 6) is -0.00688. The third-order valence-electron chi connectivity index (χ3n) is 4.86. The molecule has 0 atom stereocenters. The molecule has 0 fully saturated rings. The molecular formula is C19H20N2O. The summed E-state index contributed by atoms with van der Waals surface area (Å²) in [7, 11) is 0. The lowest BCUT2D eigenvalue weighted by molar-refractivity contribution is -0.110. The second-order valence-electron chi connectivity index (χ2n) is 6.39. The Bertz CT molecular complexity index is 811. The number of amides is 1. The molecule has 0 unspecified atom stereocenters. The van der Waals surface area contributed by atoms with Crippen LogP contribution in [0.3, 0.4) is 0 Å². The van der Waals surface area contributed by atoms with Crippen LogP contribution >= 0.6 is 0 Å². The molecule has 1 aromatic heterocycles. The minimum absolute atomic E-state index is 0.00688. The van der Waals surface area contributed by atoms with E-state index in [1.165, 1.54) is 35.2 Å². The molecular weight excluding hydrogens is 272 g/mol. The zero-order valence-electron chi connectivity index (χ0n) is 13.0. The number of H-pyrrole nitrogens is 1. The van der Waals surface area contributed by atoms with E-state index in [4.69, 9.17) is 0 Å². The SMILES string of the molecule is Cc1ccc2c(c1)C(=Cc1[nH]c3c(c1C)CCCC3)C(=O)N2. The summed E-state index contributed by atoms with van der Waals surface area (Å²) >= 11 is 0. The van der Waals surface area contributed by atoms with Crippen LogP contribution in [0.4, 0.5) is 5.69 Å². The van der Waals surface area contributed by atoms with E-state index in [-0.39, 0.29) is 5.91 Å². The largest absolute Gasteiger partial charge is 0.358 e. The van der Waals surface area contributed by atoms with Gasteiger partial charge >= 0.3 is 0 Å². The molecule has 22 heavy (non-hydrogen) atoms. The third-order valence-corrected chi connectivity index (χ3v) is 4.86. The summed E-state index contributed by atoms with van der Waals surface area (Å²) in [6, 6.07) is 6.09. The van der Waals surface area contributed by atoms with Crippen LogP contribution in [-0.4, -0.2) is 10.9 Å². The molecule has 1 amide bonds. The minimum Gasteiger partial charge on any atom is -0.358 e. The van der Waals surface area contributed by atoms with Crippen molar-refractivity contribution in [3.63, 3.8) is 0 Å². The number of aromatic amines is 1. The van der Waals surface area contributed by atoms with Crippen molar-refractivity contribution in [1.29, 1.82) is 0 Å². The molecule has 0 radical (unpaired) electrons. The van der Waals surface area contributed by atoms with Gasteiger partial charge in [-0.25, -0.2) is 0 Å². The van der Waals surface area contributed by atoms with Gasteiger partial charge in [0.15, 0.2) is 0 Å². The zero-order chi connectivity index (χ0) is 15.3. The van der Waals surface area contributed by atoms with Crippen LogP contribution in [0.25, 0.3) is 11.6 Å². The Labute approximate surface area is 130 Å². The van der Waals surface area contributed by atoms with Gasteiger partial charge in [0.1, 0.15) is 0 Å². The molecule has 3 nitrogen and oxygen atoms in total. The van der Waals surface area contributed by atoms with Crippen molar-refractivity contribution in [3.05, 3.63) is 51.8 Å². The van der Waals surface area contributed by atoms with Crippen LogP contribution in [0.5, 0.6) is 0 Å². The lowest BCUT2D eigenvalue weighted by Gasteiger charge is -2.10. The van der Waals surface area contributed by atoms with Crippen molar-refractivity contribution in [2.24, 2.45) is 0 Å². The highest BCUT2D eigenvalue weighted by Gasteiger charge is 2.25. The molecule has 2 aliphatic rings. The van der Waals surface area contributed by atoms with Gasteiger partial charge in [-0.1, -0.05) is 11.6 Å². The maximum absolute atomic E-state index is 12.3. The highest BCUT2D eigenvalue weighted by atomic mass is 16.2. The van der Waals surface area contributed by atoms with Gasteiger partial charge in [0, 0.05) is 22.6 Å². The molecule has 2 N–H and O–H groups in total. The van der Waals surface area contributed by atoms with E-state index in [1.54, 1.807) is 0 Å². The summed E-state index contributed by atoms with van der Waals surface area (Å²) in [4.78, 5) is 15.8. The number of aromatic nitrogens is 1. The number of nitrogens with one attached hydrogen (secondary N) is 2. The molecule has 0 bridgehead atoms. The number of carbonyl (C=O) groups excluding carboxylic acids is 1. The fourth-order valence-corrected chi connectivity index (χ4v) is 3.61. The quantitative estimate of drug-likeness (QED) is 0.767. The van der Waals surface area contributed by atoms with Crippen LogP contribution in [0.1, 0.15) is 46.5 Å². The number of anilines is 1. The van der Waals surface area contributed by atoms with Crippen LogP contribution < -0.4 is 5.32 Å². The lowest BCUT2D eigenvalue weighted by atomic mass is 9.94. The van der Waals surface area contributed by atoms with Gasteiger partial charge in [-0.05, 0) is 68.9 Å². The molecule has 112 valence electrons. The molecule has 2 aromatic rings. The second-order valence-corrected chi connectivity index (χ2v) is 6.39. The Morgan fingerprint density at radius 2 is 1.95 bits per heavy atom. The first-order valence-electron chi connectivity index (χ1n) is 7.98. The Morgan fingerprint density at radius 1 is 1.14 bits per heavy atom. The van der Waals surface area contributed by atoms with E-state index in [0.717, 1.165) is 35.4 Å². The highest BCUT2D eigenvalue weighted by Crippen LogP contribution is 2.35. The van der Waals surface area contributed by atoms with Gasteiger partial charge in [-0.2, -0.15) is 0 Å². The van der Waals surface area contributed by atoms with Gasteiger partial charge in [-0.15, -0.1) is 0 Å². The molecule has 1 aromatic carbocycles. The molecule has 0 spiro atoms. The molecule has 0 saturated carbocycles. The zero-order valence-corrected chi connectivity index (χ0v) is 13.0. The van der Waals surface area contributed by atoms with Gasteiger partial charge in [0.05, 0.1) is 5.57 Å². The number of hydrogen-bond acceptors (Lipinski definition) is 1. The van der Waals surface area contributed by atoms with Crippen molar-refractivity contribution in [2.75, 3.05) is 5.32 Å². The lowest BCUT2D eigenvalue weighted by Crippen LogP contribution is -2.03. The summed E-state index contributed by atoms with van der Waals surface area (Å²) in [6.07, 6.45) is 6.83. The molecule has 0 saturated heterocycles. The predicted octanol–water partition coefficient (Wildman–Crippen LogP) is 4.00. The predicted molar refractivity (Wildman–Crippen MR) is 89.9 cm³/mol. The van der Waals surface area contributed by atoms with Gasteiger partial charge in [-0.3, -0.25) is 4.79 Å². The standard InChI is InChI=1S/C19H20N2O/c1-11-7-8-17-14(9-11)15(19(22)21-17)10-18-12(2)13-5-3-4-6-16(13)20-18/h7-10,20H,3-6H2,1-2H3,(H,21,22). The average Bonchev–Trinajstić information content (AvgIpc) is 2.99. The number of rotatable bonds is 1. The first kappa shape index (κ1) is 13.4.